The van der Waals surface area contributed by atoms with Crippen LogP contribution in [0.4, 0.5) is 13.2 Å². The Bertz CT molecular complexity index is 1330. The number of hydrogen-bond acceptors (Lipinski definition) is 3. The van der Waals surface area contributed by atoms with E-state index in [9.17, 15) is 18.3 Å². The number of hydrogen-bond donors (Lipinski definition) is 1. The fraction of sp³-hybridized carbons (Fsp3) is 0.250. The first-order chi connectivity index (χ1) is 14.6. The molecule has 1 aliphatic heterocycles. The highest BCUT2D eigenvalue weighted by Gasteiger charge is 2.47. The zero-order valence-electron chi connectivity index (χ0n) is 17.2. The highest BCUT2D eigenvalue weighted by atomic mass is 32.1. The van der Waals surface area contributed by atoms with Gasteiger partial charge in [-0.2, -0.15) is 0 Å². The molecule has 0 saturated heterocycles. The van der Waals surface area contributed by atoms with E-state index in [1.165, 1.54) is 23.5 Å². The summed E-state index contributed by atoms with van der Waals surface area (Å²) in [5, 5.41) is 13.2. The van der Waals surface area contributed by atoms with Gasteiger partial charge in [-0.15, -0.1) is 11.3 Å². The lowest BCUT2D eigenvalue weighted by Gasteiger charge is -2.42. The molecule has 5 rings (SSSR count). The van der Waals surface area contributed by atoms with E-state index in [0.717, 1.165) is 28.8 Å². The van der Waals surface area contributed by atoms with Crippen molar-refractivity contribution >= 4 is 22.2 Å². The number of phenols is 1. The van der Waals surface area contributed by atoms with Crippen LogP contribution < -0.4 is 0 Å². The van der Waals surface area contributed by atoms with Crippen LogP contribution >= 0.6 is 11.3 Å². The van der Waals surface area contributed by atoms with Gasteiger partial charge in [0.05, 0.1) is 12.1 Å². The van der Waals surface area contributed by atoms with Crippen LogP contribution in [0.3, 0.4) is 0 Å². The third kappa shape index (κ3) is 2.83. The summed E-state index contributed by atoms with van der Waals surface area (Å²) in [6, 6.07) is 9.83. The van der Waals surface area contributed by atoms with Crippen molar-refractivity contribution in [3.8, 4) is 11.4 Å². The molecule has 1 N–H and O–H groups in total. The lowest BCUT2D eigenvalue weighted by atomic mass is 9.78. The molecule has 1 atom stereocenters. The Balaban J connectivity index is 1.99. The first kappa shape index (κ1) is 20.2. The topological polar surface area (TPSA) is 34.4 Å². The van der Waals surface area contributed by atoms with E-state index in [4.69, 9.17) is 4.74 Å². The first-order valence-electron chi connectivity index (χ1n) is 9.85. The number of rotatable bonds is 2. The van der Waals surface area contributed by atoms with Crippen LogP contribution in [-0.4, -0.2) is 16.3 Å². The molecule has 31 heavy (non-hydrogen) atoms. The third-order valence-electron chi connectivity index (χ3n) is 6.01. The third-order valence-corrected chi connectivity index (χ3v) is 7.08. The molecular weight excluding hydrogens is 423 g/mol. The summed E-state index contributed by atoms with van der Waals surface area (Å²) in [7, 11) is 0. The minimum Gasteiger partial charge on any atom is -0.507 e. The Labute approximate surface area is 181 Å². The molecule has 0 spiro atoms. The molecule has 1 aliphatic rings. The molecule has 4 aromatic rings. The van der Waals surface area contributed by atoms with Gasteiger partial charge < -0.3 is 14.4 Å². The molecule has 2 aromatic heterocycles. The lowest BCUT2D eigenvalue weighted by Crippen LogP contribution is -2.42. The molecule has 0 amide bonds. The Hall–Kier alpha value is -2.77. The second kappa shape index (κ2) is 6.61. The Morgan fingerprint density at radius 1 is 1.03 bits per heavy atom. The predicted octanol–water partition coefficient (Wildman–Crippen LogP) is 6.39. The van der Waals surface area contributed by atoms with Gasteiger partial charge in [-0.3, -0.25) is 0 Å². The Kier molecular flexibility index (Phi) is 4.30. The molecule has 0 bridgehead atoms. The van der Waals surface area contributed by atoms with Crippen LogP contribution in [-0.2, 0) is 15.8 Å². The molecule has 3 nitrogen and oxygen atoms in total. The maximum Gasteiger partial charge on any atom is 0.160 e. The van der Waals surface area contributed by atoms with E-state index in [0.29, 0.717) is 28.8 Å². The van der Waals surface area contributed by atoms with E-state index in [1.54, 1.807) is 4.57 Å². The van der Waals surface area contributed by atoms with Crippen LogP contribution in [0, 0.1) is 17.5 Å². The van der Waals surface area contributed by atoms with Gasteiger partial charge in [0.15, 0.2) is 11.6 Å². The monoisotopic (exact) mass is 443 g/mol. The SMILES string of the molecule is CC1(C)COC(C)(c2cccs2)c2c1n(-c1ccc(F)c(F)c1)c1cc(F)cc(O)c21. The normalized spacial score (nSPS) is 20.2. The summed E-state index contributed by atoms with van der Waals surface area (Å²) in [5.74, 6) is -2.81. The number of phenolic OH excluding ortho intramolecular Hbond substituents is 1. The summed E-state index contributed by atoms with van der Waals surface area (Å²) >= 11 is 1.52. The van der Waals surface area contributed by atoms with E-state index in [-0.39, 0.29) is 5.75 Å². The first-order valence-corrected chi connectivity index (χ1v) is 10.7. The quantitative estimate of drug-likeness (QED) is 0.390. The largest absolute Gasteiger partial charge is 0.507 e. The van der Waals surface area contributed by atoms with Crippen molar-refractivity contribution in [1.82, 2.24) is 4.57 Å². The van der Waals surface area contributed by atoms with Crippen LogP contribution in [0.15, 0.2) is 47.8 Å². The number of ether oxygens (including phenoxy) is 1. The molecule has 3 heterocycles. The number of thiophene rings is 1. The average molecular weight is 443 g/mol. The predicted molar refractivity (Wildman–Crippen MR) is 115 cm³/mol. The molecule has 160 valence electrons. The molecular formula is C24H20F3NO2S. The standard InChI is InChI=1S/C24H20F3NO2S/c1-23(2)12-30-24(3,19-5-4-8-31-19)21-20-17(9-13(25)10-18(20)29)28(22(21)23)14-6-7-15(26)16(27)11-14/h4-11,29H,12H2,1-3H3. The summed E-state index contributed by atoms with van der Waals surface area (Å²) in [6.45, 7) is 6.22. The van der Waals surface area contributed by atoms with E-state index >= 15 is 0 Å². The maximum atomic E-state index is 14.4. The second-order valence-electron chi connectivity index (χ2n) is 8.66. The summed E-state index contributed by atoms with van der Waals surface area (Å²) in [6.07, 6.45) is 0. The summed E-state index contributed by atoms with van der Waals surface area (Å²) in [5.41, 5.74) is 0.712. The van der Waals surface area contributed by atoms with Crippen molar-refractivity contribution in [2.45, 2.75) is 31.8 Å². The number of benzene rings is 2. The van der Waals surface area contributed by atoms with Gasteiger partial charge >= 0.3 is 0 Å². The highest BCUT2D eigenvalue weighted by Crippen LogP contribution is 2.53. The number of nitrogens with zero attached hydrogens (tertiary/aromatic N) is 1. The van der Waals surface area contributed by atoms with Crippen molar-refractivity contribution in [3.63, 3.8) is 0 Å². The smallest absolute Gasteiger partial charge is 0.160 e. The van der Waals surface area contributed by atoms with Crippen molar-refractivity contribution in [3.05, 3.63) is 81.4 Å². The van der Waals surface area contributed by atoms with Crippen molar-refractivity contribution in [2.75, 3.05) is 6.61 Å². The van der Waals surface area contributed by atoms with Gasteiger partial charge in [-0.05, 0) is 36.6 Å². The summed E-state index contributed by atoms with van der Waals surface area (Å²) in [4.78, 5) is 0.928. The molecule has 0 radical (unpaired) electrons. The van der Waals surface area contributed by atoms with Crippen molar-refractivity contribution < 1.29 is 23.0 Å². The van der Waals surface area contributed by atoms with E-state index < -0.39 is 28.5 Å². The fourth-order valence-corrected chi connectivity index (χ4v) is 5.42. The number of aromatic hydroxyl groups is 1. The lowest BCUT2D eigenvalue weighted by molar-refractivity contribution is -0.0414. The number of aromatic nitrogens is 1. The average Bonchev–Trinajstić information content (AvgIpc) is 3.35. The van der Waals surface area contributed by atoms with Gasteiger partial charge in [0.1, 0.15) is 17.2 Å². The molecule has 1 unspecified atom stereocenters. The van der Waals surface area contributed by atoms with Crippen LogP contribution in [0.25, 0.3) is 16.6 Å². The fourth-order valence-electron chi connectivity index (χ4n) is 4.57. The number of fused-ring (bicyclic) bond motifs is 3. The molecule has 0 saturated carbocycles. The zero-order chi connectivity index (χ0) is 22.1. The zero-order valence-corrected chi connectivity index (χ0v) is 18.0. The summed E-state index contributed by atoms with van der Waals surface area (Å²) < 4.78 is 50.4. The molecule has 0 fully saturated rings. The Morgan fingerprint density at radius 2 is 1.81 bits per heavy atom. The van der Waals surface area contributed by atoms with Gasteiger partial charge in [0, 0.05) is 44.8 Å². The maximum absolute atomic E-state index is 14.4. The minimum atomic E-state index is -1.00. The molecule has 0 aliphatic carbocycles. The van der Waals surface area contributed by atoms with Gasteiger partial charge in [0.25, 0.3) is 0 Å². The van der Waals surface area contributed by atoms with Crippen LogP contribution in [0.5, 0.6) is 5.75 Å². The molecule has 7 heteroatoms. The van der Waals surface area contributed by atoms with Crippen LogP contribution in [0.2, 0.25) is 0 Å². The van der Waals surface area contributed by atoms with Crippen molar-refractivity contribution in [1.29, 1.82) is 0 Å². The molecule has 2 aromatic carbocycles. The second-order valence-corrected chi connectivity index (χ2v) is 9.61. The van der Waals surface area contributed by atoms with Crippen LogP contribution in [0.1, 0.15) is 36.9 Å². The van der Waals surface area contributed by atoms with E-state index in [2.05, 4.69) is 0 Å². The minimum absolute atomic E-state index is 0.225. The van der Waals surface area contributed by atoms with E-state index in [1.807, 2.05) is 38.3 Å². The Morgan fingerprint density at radius 3 is 2.48 bits per heavy atom. The highest BCUT2D eigenvalue weighted by molar-refractivity contribution is 7.10. The van der Waals surface area contributed by atoms with Crippen molar-refractivity contribution in [2.24, 2.45) is 0 Å². The van der Waals surface area contributed by atoms with Gasteiger partial charge in [-0.25, -0.2) is 13.2 Å². The van der Waals surface area contributed by atoms with Gasteiger partial charge in [-0.1, -0.05) is 19.9 Å². The van der Waals surface area contributed by atoms with Gasteiger partial charge in [0.2, 0.25) is 0 Å². The number of halogens is 3.